The summed E-state index contributed by atoms with van der Waals surface area (Å²) in [5.41, 5.74) is 5.23. The van der Waals surface area contributed by atoms with E-state index in [1.54, 1.807) is 36.2 Å². The predicted molar refractivity (Wildman–Crippen MR) is 121 cm³/mol. The average Bonchev–Trinajstić information content (AvgIpc) is 3.01. The summed E-state index contributed by atoms with van der Waals surface area (Å²) in [5, 5.41) is 4.63. The number of likely N-dealkylation sites (N-methyl/N-ethyl adjacent to an activating group) is 1. The fraction of sp³-hybridized carbons (Fsp3) is 0.280. The lowest BCUT2D eigenvalue weighted by Crippen LogP contribution is -2.29. The lowest BCUT2D eigenvalue weighted by atomic mass is 10.1. The monoisotopic (exact) mass is 421 g/mol. The molecule has 3 rings (SSSR count). The molecule has 0 fully saturated rings. The molecule has 0 saturated carbocycles. The maximum absolute atomic E-state index is 13.6. The van der Waals surface area contributed by atoms with Crippen LogP contribution in [0.5, 0.6) is 5.75 Å². The molecule has 0 unspecified atom stereocenters. The molecule has 0 aliphatic rings. The Hall–Kier alpha value is -3.41. The molecule has 5 nitrogen and oxygen atoms in total. The second-order valence-corrected chi connectivity index (χ2v) is 7.60. The molecule has 0 atom stereocenters. The van der Waals surface area contributed by atoms with Crippen LogP contribution in [0.2, 0.25) is 0 Å². The van der Waals surface area contributed by atoms with Gasteiger partial charge in [0, 0.05) is 24.4 Å². The van der Waals surface area contributed by atoms with Crippen molar-refractivity contribution in [2.75, 3.05) is 20.2 Å². The number of benzene rings is 2. The van der Waals surface area contributed by atoms with Gasteiger partial charge in [0.15, 0.2) is 11.6 Å². The van der Waals surface area contributed by atoms with Gasteiger partial charge in [0.1, 0.15) is 6.61 Å². The van der Waals surface area contributed by atoms with Crippen molar-refractivity contribution in [1.29, 1.82) is 0 Å². The minimum absolute atomic E-state index is 0.151. The van der Waals surface area contributed by atoms with Crippen LogP contribution in [-0.2, 0) is 11.3 Å². The SMILES string of the molecule is Cc1ccc(Cn2nc(C)c(/C=C/C(=O)N(C)CCOc3ccccc3F)c2C)cc1. The number of para-hydroxylation sites is 1. The first-order valence-corrected chi connectivity index (χ1v) is 10.2. The van der Waals surface area contributed by atoms with E-state index < -0.39 is 5.82 Å². The number of hydrogen-bond donors (Lipinski definition) is 0. The van der Waals surface area contributed by atoms with Crippen molar-refractivity contribution in [2.45, 2.75) is 27.3 Å². The maximum atomic E-state index is 13.6. The minimum Gasteiger partial charge on any atom is -0.489 e. The Labute approximate surface area is 182 Å². The normalized spacial score (nSPS) is 11.1. The summed E-state index contributed by atoms with van der Waals surface area (Å²) in [7, 11) is 1.69. The van der Waals surface area contributed by atoms with E-state index >= 15 is 0 Å². The van der Waals surface area contributed by atoms with Gasteiger partial charge in [-0.1, -0.05) is 42.0 Å². The summed E-state index contributed by atoms with van der Waals surface area (Å²) in [6.07, 6.45) is 3.34. The van der Waals surface area contributed by atoms with Crippen LogP contribution in [0.3, 0.4) is 0 Å². The number of amides is 1. The Morgan fingerprint density at radius 2 is 1.84 bits per heavy atom. The number of rotatable bonds is 8. The van der Waals surface area contributed by atoms with Crippen LogP contribution in [0, 0.1) is 26.6 Å². The van der Waals surface area contributed by atoms with Crippen LogP contribution >= 0.6 is 0 Å². The van der Waals surface area contributed by atoms with E-state index in [1.807, 2.05) is 18.5 Å². The third-order valence-corrected chi connectivity index (χ3v) is 5.18. The van der Waals surface area contributed by atoms with Gasteiger partial charge in [0.05, 0.1) is 18.8 Å². The number of aromatic nitrogens is 2. The third kappa shape index (κ3) is 5.81. The maximum Gasteiger partial charge on any atom is 0.246 e. The standard InChI is InChI=1S/C25H28FN3O2/c1-18-9-11-21(12-10-18)17-29-20(3)22(19(2)27-29)13-14-25(30)28(4)15-16-31-24-8-6-5-7-23(24)26/h5-14H,15-17H2,1-4H3/b14-13+. The Kier molecular flexibility index (Phi) is 7.23. The number of halogens is 1. The molecule has 162 valence electrons. The summed E-state index contributed by atoms with van der Waals surface area (Å²) < 4.78 is 21.0. The number of carbonyl (C=O) groups is 1. The summed E-state index contributed by atoms with van der Waals surface area (Å²) in [4.78, 5) is 14.0. The molecule has 31 heavy (non-hydrogen) atoms. The molecule has 0 saturated heterocycles. The van der Waals surface area contributed by atoms with Crippen LogP contribution in [0.25, 0.3) is 6.08 Å². The third-order valence-electron chi connectivity index (χ3n) is 5.18. The van der Waals surface area contributed by atoms with Gasteiger partial charge in [-0.3, -0.25) is 9.48 Å². The zero-order valence-corrected chi connectivity index (χ0v) is 18.4. The fourth-order valence-electron chi connectivity index (χ4n) is 3.22. The van der Waals surface area contributed by atoms with Crippen molar-refractivity contribution >= 4 is 12.0 Å². The summed E-state index contributed by atoms with van der Waals surface area (Å²) in [6.45, 7) is 7.25. The van der Waals surface area contributed by atoms with Gasteiger partial charge in [-0.25, -0.2) is 4.39 Å². The molecule has 0 aliphatic carbocycles. The van der Waals surface area contributed by atoms with Crippen LogP contribution in [-0.4, -0.2) is 40.8 Å². The van der Waals surface area contributed by atoms with Crippen LogP contribution in [0.4, 0.5) is 4.39 Å². The first kappa shape index (κ1) is 22.3. The molecule has 0 spiro atoms. The Bertz CT molecular complexity index is 1070. The average molecular weight is 422 g/mol. The van der Waals surface area contributed by atoms with Gasteiger partial charge in [-0.15, -0.1) is 0 Å². The van der Waals surface area contributed by atoms with E-state index in [9.17, 15) is 9.18 Å². The molecule has 0 bridgehead atoms. The lowest BCUT2D eigenvalue weighted by Gasteiger charge is -2.15. The largest absolute Gasteiger partial charge is 0.489 e. The number of aryl methyl sites for hydroxylation is 2. The van der Waals surface area contributed by atoms with Gasteiger partial charge < -0.3 is 9.64 Å². The molecule has 1 aromatic heterocycles. The second-order valence-electron chi connectivity index (χ2n) is 7.60. The molecule has 1 amide bonds. The van der Waals surface area contributed by atoms with Gasteiger partial charge in [-0.2, -0.15) is 5.10 Å². The molecular formula is C25H28FN3O2. The van der Waals surface area contributed by atoms with E-state index in [2.05, 4.69) is 36.3 Å². The number of carbonyl (C=O) groups excluding carboxylic acids is 1. The molecule has 0 radical (unpaired) electrons. The Morgan fingerprint density at radius 1 is 1.13 bits per heavy atom. The van der Waals surface area contributed by atoms with Gasteiger partial charge in [-0.05, 0) is 44.5 Å². The van der Waals surface area contributed by atoms with Crippen LogP contribution in [0.15, 0.2) is 54.6 Å². The zero-order valence-electron chi connectivity index (χ0n) is 18.4. The van der Waals surface area contributed by atoms with E-state index in [1.165, 1.54) is 23.3 Å². The van der Waals surface area contributed by atoms with Crippen molar-refractivity contribution in [3.8, 4) is 5.75 Å². The highest BCUT2D eigenvalue weighted by Crippen LogP contribution is 2.17. The molecular weight excluding hydrogens is 393 g/mol. The number of ether oxygens (including phenoxy) is 1. The summed E-state index contributed by atoms with van der Waals surface area (Å²) in [5.74, 6) is -0.377. The molecule has 3 aromatic rings. The fourth-order valence-corrected chi connectivity index (χ4v) is 3.22. The predicted octanol–water partition coefficient (Wildman–Crippen LogP) is 4.55. The molecule has 2 aromatic carbocycles. The van der Waals surface area contributed by atoms with Gasteiger partial charge in [0.2, 0.25) is 5.91 Å². The quantitative estimate of drug-likeness (QED) is 0.502. The van der Waals surface area contributed by atoms with Crippen molar-refractivity contribution in [1.82, 2.24) is 14.7 Å². The summed E-state index contributed by atoms with van der Waals surface area (Å²) in [6, 6.07) is 14.6. The number of nitrogens with zero attached hydrogens (tertiary/aromatic N) is 3. The smallest absolute Gasteiger partial charge is 0.246 e. The van der Waals surface area contributed by atoms with Crippen molar-refractivity contribution < 1.29 is 13.9 Å². The Morgan fingerprint density at radius 3 is 2.55 bits per heavy atom. The number of hydrogen-bond acceptors (Lipinski definition) is 3. The highest BCUT2D eigenvalue weighted by atomic mass is 19.1. The molecule has 0 N–H and O–H groups in total. The molecule has 6 heteroatoms. The van der Waals surface area contributed by atoms with E-state index in [-0.39, 0.29) is 18.3 Å². The van der Waals surface area contributed by atoms with Crippen LogP contribution in [0.1, 0.15) is 28.1 Å². The highest BCUT2D eigenvalue weighted by molar-refractivity contribution is 5.91. The first-order valence-electron chi connectivity index (χ1n) is 10.2. The van der Waals surface area contributed by atoms with Crippen molar-refractivity contribution in [3.63, 3.8) is 0 Å². The zero-order chi connectivity index (χ0) is 22.4. The molecule has 1 heterocycles. The second kappa shape index (κ2) is 10.1. The Balaban J connectivity index is 1.58. The molecule has 0 aliphatic heterocycles. The van der Waals surface area contributed by atoms with Gasteiger partial charge >= 0.3 is 0 Å². The van der Waals surface area contributed by atoms with E-state index in [4.69, 9.17) is 4.74 Å². The highest BCUT2D eigenvalue weighted by Gasteiger charge is 2.11. The topological polar surface area (TPSA) is 47.4 Å². The first-order chi connectivity index (χ1) is 14.8. The van der Waals surface area contributed by atoms with E-state index in [0.717, 1.165) is 17.0 Å². The lowest BCUT2D eigenvalue weighted by molar-refractivity contribution is -0.125. The summed E-state index contributed by atoms with van der Waals surface area (Å²) >= 11 is 0. The van der Waals surface area contributed by atoms with E-state index in [0.29, 0.717) is 13.1 Å². The van der Waals surface area contributed by atoms with Crippen LogP contribution < -0.4 is 4.74 Å². The van der Waals surface area contributed by atoms with Crippen molar-refractivity contribution in [3.05, 3.63) is 88.5 Å². The van der Waals surface area contributed by atoms with Crippen molar-refractivity contribution in [2.24, 2.45) is 0 Å². The minimum atomic E-state index is -0.412. The van der Waals surface area contributed by atoms with Gasteiger partial charge in [0.25, 0.3) is 0 Å².